The van der Waals surface area contributed by atoms with Gasteiger partial charge in [-0.05, 0) is 44.0 Å². The summed E-state index contributed by atoms with van der Waals surface area (Å²) >= 11 is 3.61. The van der Waals surface area contributed by atoms with Crippen molar-refractivity contribution in [3.8, 4) is 5.75 Å². The fourth-order valence-corrected chi connectivity index (χ4v) is 2.45. The second-order valence-electron chi connectivity index (χ2n) is 4.93. The molecule has 0 aliphatic rings. The molecule has 102 valence electrons. The molecule has 18 heavy (non-hydrogen) atoms. The third-order valence-corrected chi connectivity index (χ3v) is 4.42. The van der Waals surface area contributed by atoms with E-state index in [-0.39, 0.29) is 0 Å². The molecule has 0 amide bonds. The molecule has 0 fully saturated rings. The molecule has 0 heterocycles. The van der Waals surface area contributed by atoms with E-state index < -0.39 is 0 Å². The summed E-state index contributed by atoms with van der Waals surface area (Å²) < 4.78 is 6.66. The van der Waals surface area contributed by atoms with Gasteiger partial charge in [0.25, 0.3) is 0 Å². The van der Waals surface area contributed by atoms with Crippen LogP contribution in [0.4, 0.5) is 0 Å². The monoisotopic (exact) mass is 313 g/mol. The van der Waals surface area contributed by atoms with Gasteiger partial charge in [0.2, 0.25) is 0 Å². The summed E-state index contributed by atoms with van der Waals surface area (Å²) in [4.78, 5) is 0. The Hall–Kier alpha value is -0.540. The smallest absolute Gasteiger partial charge is 0.123 e. The number of ether oxygens (including phenoxy) is 1. The van der Waals surface area contributed by atoms with Crippen molar-refractivity contribution in [2.24, 2.45) is 5.92 Å². The molecular weight excluding hydrogens is 290 g/mol. The van der Waals surface area contributed by atoms with Crippen LogP contribution in [-0.4, -0.2) is 14.2 Å². The number of hydrogen-bond acceptors (Lipinski definition) is 2. The maximum absolute atomic E-state index is 5.52. The van der Waals surface area contributed by atoms with Gasteiger partial charge >= 0.3 is 0 Å². The maximum atomic E-state index is 5.52. The topological polar surface area (TPSA) is 21.3 Å². The molecule has 0 radical (unpaired) electrons. The van der Waals surface area contributed by atoms with E-state index >= 15 is 0 Å². The average Bonchev–Trinajstić information content (AvgIpc) is 2.38. The van der Waals surface area contributed by atoms with Crippen LogP contribution in [0.2, 0.25) is 0 Å². The Bertz CT molecular complexity index is 392. The molecule has 0 saturated carbocycles. The number of halogens is 1. The van der Waals surface area contributed by atoms with Crippen LogP contribution in [-0.2, 0) is 0 Å². The highest BCUT2D eigenvalue weighted by atomic mass is 79.9. The Kier molecular flexibility index (Phi) is 6.16. The lowest BCUT2D eigenvalue weighted by Gasteiger charge is -2.23. The van der Waals surface area contributed by atoms with Gasteiger partial charge in [0.05, 0.1) is 7.11 Å². The van der Waals surface area contributed by atoms with Crippen molar-refractivity contribution >= 4 is 15.9 Å². The van der Waals surface area contributed by atoms with E-state index in [9.17, 15) is 0 Å². The molecule has 2 unspecified atom stereocenters. The lowest BCUT2D eigenvalue weighted by atomic mass is 9.93. The quantitative estimate of drug-likeness (QED) is 0.837. The largest absolute Gasteiger partial charge is 0.496 e. The molecule has 1 aromatic carbocycles. The normalized spacial score (nSPS) is 14.3. The van der Waals surface area contributed by atoms with Crippen LogP contribution in [0.1, 0.15) is 43.9 Å². The van der Waals surface area contributed by atoms with Gasteiger partial charge in [0.15, 0.2) is 0 Å². The molecule has 0 aromatic heterocycles. The van der Waals surface area contributed by atoms with Crippen LogP contribution in [0.3, 0.4) is 0 Å². The third-order valence-electron chi connectivity index (χ3n) is 3.57. The Balaban J connectivity index is 3.07. The molecular formula is C15H24BrNO. The van der Waals surface area contributed by atoms with Crippen molar-refractivity contribution in [3.05, 3.63) is 27.7 Å². The molecule has 0 aliphatic carbocycles. The Morgan fingerprint density at radius 3 is 2.56 bits per heavy atom. The Morgan fingerprint density at radius 2 is 2.06 bits per heavy atom. The highest BCUT2D eigenvalue weighted by Gasteiger charge is 2.18. The Morgan fingerprint density at radius 1 is 1.39 bits per heavy atom. The summed E-state index contributed by atoms with van der Waals surface area (Å²) in [5.74, 6) is 1.67. The molecule has 1 aromatic rings. The lowest BCUT2D eigenvalue weighted by Crippen LogP contribution is -2.19. The average molecular weight is 314 g/mol. The minimum atomic E-state index is 0.340. The number of aryl methyl sites for hydroxylation is 1. The van der Waals surface area contributed by atoms with Crippen molar-refractivity contribution in [2.75, 3.05) is 14.2 Å². The van der Waals surface area contributed by atoms with Crippen LogP contribution < -0.4 is 10.1 Å². The van der Waals surface area contributed by atoms with E-state index in [0.717, 1.165) is 16.6 Å². The van der Waals surface area contributed by atoms with Crippen molar-refractivity contribution < 1.29 is 4.74 Å². The number of methoxy groups -OCH3 is 1. The van der Waals surface area contributed by atoms with Crippen molar-refractivity contribution in [1.82, 2.24) is 5.32 Å². The summed E-state index contributed by atoms with van der Waals surface area (Å²) in [5, 5.41) is 3.40. The van der Waals surface area contributed by atoms with Crippen molar-refractivity contribution in [3.63, 3.8) is 0 Å². The van der Waals surface area contributed by atoms with Gasteiger partial charge < -0.3 is 10.1 Å². The SMILES string of the molecule is CCC(C)CC(NC)c1cc(Br)c(C)cc1OC. The minimum Gasteiger partial charge on any atom is -0.496 e. The van der Waals surface area contributed by atoms with Crippen LogP contribution in [0.15, 0.2) is 16.6 Å². The summed E-state index contributed by atoms with van der Waals surface area (Å²) in [7, 11) is 3.75. The first-order valence-corrected chi connectivity index (χ1v) is 7.34. The predicted molar refractivity (Wildman–Crippen MR) is 81.3 cm³/mol. The molecule has 0 saturated heterocycles. The van der Waals surface area contributed by atoms with Gasteiger partial charge in [-0.15, -0.1) is 0 Å². The maximum Gasteiger partial charge on any atom is 0.123 e. The molecule has 1 rings (SSSR count). The van der Waals surface area contributed by atoms with Gasteiger partial charge in [0.1, 0.15) is 5.75 Å². The minimum absolute atomic E-state index is 0.340. The first-order valence-electron chi connectivity index (χ1n) is 6.54. The molecule has 0 spiro atoms. The van der Waals surface area contributed by atoms with Crippen LogP contribution in [0.25, 0.3) is 0 Å². The summed E-state index contributed by atoms with van der Waals surface area (Å²) in [6.07, 6.45) is 2.33. The van der Waals surface area contributed by atoms with E-state index in [1.807, 2.05) is 7.05 Å². The van der Waals surface area contributed by atoms with Gasteiger partial charge in [-0.25, -0.2) is 0 Å². The van der Waals surface area contributed by atoms with E-state index in [0.29, 0.717) is 12.0 Å². The molecule has 3 heteroatoms. The first kappa shape index (κ1) is 15.5. The molecule has 0 aliphatic heterocycles. The summed E-state index contributed by atoms with van der Waals surface area (Å²) in [6, 6.07) is 4.62. The fourth-order valence-electron chi connectivity index (χ4n) is 2.09. The van der Waals surface area contributed by atoms with E-state index in [1.54, 1.807) is 7.11 Å². The third kappa shape index (κ3) is 3.72. The van der Waals surface area contributed by atoms with Crippen LogP contribution >= 0.6 is 15.9 Å². The van der Waals surface area contributed by atoms with Crippen molar-refractivity contribution in [1.29, 1.82) is 0 Å². The van der Waals surface area contributed by atoms with Crippen molar-refractivity contribution in [2.45, 2.75) is 39.7 Å². The fraction of sp³-hybridized carbons (Fsp3) is 0.600. The predicted octanol–water partition coefficient (Wildman–Crippen LogP) is 4.46. The number of hydrogen-bond donors (Lipinski definition) is 1. The van der Waals surface area contributed by atoms with Gasteiger partial charge in [-0.2, -0.15) is 0 Å². The van der Waals surface area contributed by atoms with Gasteiger partial charge in [0, 0.05) is 16.1 Å². The molecule has 0 bridgehead atoms. The molecule has 1 N–H and O–H groups in total. The highest BCUT2D eigenvalue weighted by molar-refractivity contribution is 9.10. The number of nitrogens with one attached hydrogen (secondary N) is 1. The van der Waals surface area contributed by atoms with Gasteiger partial charge in [-0.3, -0.25) is 0 Å². The standard InChI is InChI=1S/C15H24BrNO/c1-6-10(2)7-14(17-4)12-9-13(16)11(3)8-15(12)18-5/h8-10,14,17H,6-7H2,1-5H3. The number of benzene rings is 1. The van der Waals surface area contributed by atoms with Crippen LogP contribution in [0, 0.1) is 12.8 Å². The zero-order valence-electron chi connectivity index (χ0n) is 12.0. The van der Waals surface area contributed by atoms with E-state index in [4.69, 9.17) is 4.74 Å². The Labute approximate surface area is 119 Å². The summed E-state index contributed by atoms with van der Waals surface area (Å²) in [6.45, 7) is 6.61. The number of rotatable bonds is 6. The first-order chi connectivity index (χ1) is 8.53. The lowest BCUT2D eigenvalue weighted by molar-refractivity contribution is 0.380. The van der Waals surface area contributed by atoms with E-state index in [2.05, 4.69) is 54.2 Å². The van der Waals surface area contributed by atoms with Crippen LogP contribution in [0.5, 0.6) is 5.75 Å². The molecule has 2 nitrogen and oxygen atoms in total. The van der Waals surface area contributed by atoms with E-state index in [1.165, 1.54) is 17.5 Å². The highest BCUT2D eigenvalue weighted by Crippen LogP contribution is 2.34. The zero-order valence-corrected chi connectivity index (χ0v) is 13.6. The summed E-state index contributed by atoms with van der Waals surface area (Å²) in [5.41, 5.74) is 2.44. The second kappa shape index (κ2) is 7.15. The van der Waals surface area contributed by atoms with Gasteiger partial charge in [-0.1, -0.05) is 36.2 Å². The zero-order chi connectivity index (χ0) is 13.7. The molecule has 2 atom stereocenters. The second-order valence-corrected chi connectivity index (χ2v) is 5.79.